The number of aryl methyl sites for hydroxylation is 1. The van der Waals surface area contributed by atoms with Crippen molar-refractivity contribution < 1.29 is 9.53 Å². The number of hydrogen-bond acceptors (Lipinski definition) is 5. The van der Waals surface area contributed by atoms with Crippen molar-refractivity contribution >= 4 is 29.2 Å². The van der Waals surface area contributed by atoms with Crippen molar-refractivity contribution in [3.8, 4) is 11.3 Å². The zero-order valence-corrected chi connectivity index (χ0v) is 15.2. The van der Waals surface area contributed by atoms with E-state index in [-0.39, 0.29) is 6.61 Å². The second-order valence-electron chi connectivity index (χ2n) is 5.57. The fraction of sp³-hybridized carbons (Fsp3) is 0.150. The zero-order valence-electron chi connectivity index (χ0n) is 14.5. The lowest BCUT2D eigenvalue weighted by molar-refractivity contribution is 0.0525. The maximum absolute atomic E-state index is 12.4. The van der Waals surface area contributed by atoms with E-state index in [1.807, 2.05) is 42.5 Å². The molecule has 0 aliphatic rings. The van der Waals surface area contributed by atoms with E-state index in [9.17, 15) is 4.79 Å². The lowest BCUT2D eigenvalue weighted by Crippen LogP contribution is -2.13. The Kier molecular flexibility index (Phi) is 5.49. The Labute approximate surface area is 157 Å². The number of hydrogen-bond donors (Lipinski definition) is 1. The molecule has 0 spiro atoms. The summed E-state index contributed by atoms with van der Waals surface area (Å²) >= 11 is 5.98. The van der Waals surface area contributed by atoms with Gasteiger partial charge in [0, 0.05) is 16.3 Å². The van der Waals surface area contributed by atoms with Gasteiger partial charge in [0.15, 0.2) is 0 Å². The van der Waals surface area contributed by atoms with Gasteiger partial charge in [0.1, 0.15) is 5.56 Å². The average Bonchev–Trinajstić information content (AvgIpc) is 2.63. The first-order valence-corrected chi connectivity index (χ1v) is 8.60. The van der Waals surface area contributed by atoms with Gasteiger partial charge in [-0.2, -0.15) is 0 Å². The summed E-state index contributed by atoms with van der Waals surface area (Å²) in [7, 11) is 0. The molecule has 0 amide bonds. The Balaban J connectivity index is 2.10. The molecule has 5 nitrogen and oxygen atoms in total. The molecule has 0 saturated carbocycles. The highest BCUT2D eigenvalue weighted by Crippen LogP contribution is 2.28. The number of para-hydroxylation sites is 1. The van der Waals surface area contributed by atoms with E-state index in [0.717, 1.165) is 11.3 Å². The van der Waals surface area contributed by atoms with Crippen LogP contribution in [0.1, 0.15) is 23.0 Å². The van der Waals surface area contributed by atoms with Crippen molar-refractivity contribution in [3.05, 3.63) is 70.9 Å². The molecule has 0 atom stereocenters. The molecular formula is C20H18ClN3O2. The number of halogens is 1. The quantitative estimate of drug-likeness (QED) is 0.641. The van der Waals surface area contributed by atoms with Crippen LogP contribution in [0.4, 0.5) is 11.6 Å². The summed E-state index contributed by atoms with van der Waals surface area (Å²) in [5.41, 5.74) is 3.03. The number of benzene rings is 2. The Morgan fingerprint density at radius 1 is 1.08 bits per heavy atom. The van der Waals surface area contributed by atoms with Gasteiger partial charge in [0.25, 0.3) is 0 Å². The average molecular weight is 368 g/mol. The highest BCUT2D eigenvalue weighted by atomic mass is 35.5. The van der Waals surface area contributed by atoms with Crippen LogP contribution in [0.15, 0.2) is 54.6 Å². The molecule has 0 bridgehead atoms. The summed E-state index contributed by atoms with van der Waals surface area (Å²) < 4.78 is 5.19. The summed E-state index contributed by atoms with van der Waals surface area (Å²) in [6.07, 6.45) is 0. The van der Waals surface area contributed by atoms with Gasteiger partial charge in [-0.1, -0.05) is 41.9 Å². The summed E-state index contributed by atoms with van der Waals surface area (Å²) in [5.74, 6) is -0.0343. The fourth-order valence-corrected chi connectivity index (χ4v) is 2.67. The minimum atomic E-state index is -0.443. The van der Waals surface area contributed by atoms with Crippen LogP contribution in [0.5, 0.6) is 0 Å². The van der Waals surface area contributed by atoms with Gasteiger partial charge in [-0.05, 0) is 38.1 Å². The van der Waals surface area contributed by atoms with Gasteiger partial charge >= 0.3 is 5.97 Å². The number of esters is 1. The molecule has 2 aromatic carbocycles. The number of rotatable bonds is 5. The number of aromatic nitrogens is 2. The van der Waals surface area contributed by atoms with Crippen LogP contribution in [0, 0.1) is 6.92 Å². The van der Waals surface area contributed by atoms with Gasteiger partial charge in [-0.25, -0.2) is 14.8 Å². The van der Waals surface area contributed by atoms with Crippen LogP contribution in [-0.2, 0) is 4.74 Å². The molecule has 132 valence electrons. The van der Waals surface area contributed by atoms with E-state index >= 15 is 0 Å². The van der Waals surface area contributed by atoms with Crippen LogP contribution in [0.2, 0.25) is 5.02 Å². The second kappa shape index (κ2) is 7.97. The maximum Gasteiger partial charge on any atom is 0.342 e. The summed E-state index contributed by atoms with van der Waals surface area (Å²) in [6.45, 7) is 3.81. The van der Waals surface area contributed by atoms with E-state index in [1.54, 1.807) is 26.0 Å². The van der Waals surface area contributed by atoms with Crippen molar-refractivity contribution in [2.45, 2.75) is 13.8 Å². The highest BCUT2D eigenvalue weighted by Gasteiger charge is 2.21. The van der Waals surface area contributed by atoms with Gasteiger partial charge in [-0.3, -0.25) is 0 Å². The highest BCUT2D eigenvalue weighted by molar-refractivity contribution is 6.30. The minimum absolute atomic E-state index is 0.280. The molecule has 1 aromatic heterocycles. The minimum Gasteiger partial charge on any atom is -0.462 e. The number of anilines is 2. The van der Waals surface area contributed by atoms with Gasteiger partial charge < -0.3 is 10.1 Å². The van der Waals surface area contributed by atoms with Crippen LogP contribution < -0.4 is 5.32 Å². The third-order valence-electron chi connectivity index (χ3n) is 3.72. The predicted octanol–water partition coefficient (Wildman–Crippen LogP) is 5.03. The first kappa shape index (κ1) is 17.9. The SMILES string of the molecule is CCOC(=O)c1c(C)nc(Nc2ccccc2)nc1-c1ccc(Cl)cc1. The second-order valence-corrected chi connectivity index (χ2v) is 6.01. The molecule has 3 rings (SSSR count). The lowest BCUT2D eigenvalue weighted by atomic mass is 10.0. The van der Waals surface area contributed by atoms with Crippen molar-refractivity contribution in [2.24, 2.45) is 0 Å². The normalized spacial score (nSPS) is 10.4. The first-order chi connectivity index (χ1) is 12.6. The largest absolute Gasteiger partial charge is 0.462 e. The molecule has 6 heteroatoms. The molecule has 0 aliphatic heterocycles. The third-order valence-corrected chi connectivity index (χ3v) is 3.97. The lowest BCUT2D eigenvalue weighted by Gasteiger charge is -2.13. The molecular weight excluding hydrogens is 350 g/mol. The topological polar surface area (TPSA) is 64.1 Å². The monoisotopic (exact) mass is 367 g/mol. The van der Waals surface area contributed by atoms with Crippen LogP contribution in [-0.4, -0.2) is 22.5 Å². The zero-order chi connectivity index (χ0) is 18.5. The first-order valence-electron chi connectivity index (χ1n) is 8.22. The molecule has 1 heterocycles. The van der Waals surface area contributed by atoms with E-state index in [0.29, 0.717) is 27.9 Å². The number of ether oxygens (including phenoxy) is 1. The van der Waals surface area contributed by atoms with Gasteiger partial charge in [-0.15, -0.1) is 0 Å². The molecule has 0 radical (unpaired) electrons. The van der Waals surface area contributed by atoms with Crippen LogP contribution >= 0.6 is 11.6 Å². The van der Waals surface area contributed by atoms with Crippen LogP contribution in [0.25, 0.3) is 11.3 Å². The number of carbonyl (C=O) groups is 1. The van der Waals surface area contributed by atoms with Crippen molar-refractivity contribution in [3.63, 3.8) is 0 Å². The molecule has 0 saturated heterocycles. The summed E-state index contributed by atoms with van der Waals surface area (Å²) in [5, 5.41) is 3.77. The van der Waals surface area contributed by atoms with E-state index in [4.69, 9.17) is 16.3 Å². The Hall–Kier alpha value is -2.92. The summed E-state index contributed by atoms with van der Waals surface area (Å²) in [4.78, 5) is 21.4. The molecule has 26 heavy (non-hydrogen) atoms. The molecule has 1 N–H and O–H groups in total. The molecule has 0 aliphatic carbocycles. The predicted molar refractivity (Wildman–Crippen MR) is 103 cm³/mol. The Bertz CT molecular complexity index is 912. The number of nitrogens with one attached hydrogen (secondary N) is 1. The van der Waals surface area contributed by atoms with E-state index in [2.05, 4.69) is 15.3 Å². The van der Waals surface area contributed by atoms with E-state index in [1.165, 1.54) is 0 Å². The van der Waals surface area contributed by atoms with E-state index < -0.39 is 5.97 Å². The number of carbonyl (C=O) groups excluding carboxylic acids is 1. The molecule has 0 unspecified atom stereocenters. The van der Waals surface area contributed by atoms with Crippen molar-refractivity contribution in [1.82, 2.24) is 9.97 Å². The van der Waals surface area contributed by atoms with Crippen molar-refractivity contribution in [2.75, 3.05) is 11.9 Å². The third kappa shape index (κ3) is 4.00. The van der Waals surface area contributed by atoms with Crippen molar-refractivity contribution in [1.29, 1.82) is 0 Å². The standard InChI is InChI=1S/C20H18ClN3O2/c1-3-26-19(25)17-13(2)22-20(23-16-7-5-4-6-8-16)24-18(17)14-9-11-15(21)12-10-14/h4-12H,3H2,1-2H3,(H,22,23,24). The fourth-order valence-electron chi connectivity index (χ4n) is 2.54. The molecule has 0 fully saturated rings. The Morgan fingerprint density at radius 2 is 1.77 bits per heavy atom. The molecule has 3 aromatic rings. The maximum atomic E-state index is 12.4. The van der Waals surface area contributed by atoms with Gasteiger partial charge in [0.05, 0.1) is 18.0 Å². The smallest absolute Gasteiger partial charge is 0.342 e. The van der Waals surface area contributed by atoms with Crippen LogP contribution in [0.3, 0.4) is 0 Å². The Morgan fingerprint density at radius 3 is 2.42 bits per heavy atom. The van der Waals surface area contributed by atoms with Gasteiger partial charge in [0.2, 0.25) is 5.95 Å². The number of nitrogens with zero attached hydrogens (tertiary/aromatic N) is 2. The summed E-state index contributed by atoms with van der Waals surface area (Å²) in [6, 6.07) is 16.8.